The van der Waals surface area contributed by atoms with E-state index < -0.39 is 0 Å². The Kier molecular flexibility index (Phi) is 6.35. The molecule has 102 valence electrons. The van der Waals surface area contributed by atoms with E-state index in [1.807, 2.05) is 6.92 Å². The molecule has 0 aliphatic rings. The standard InChI is InChI=1S/C12H22N4O2/c1-4-10-14-11(16-15-10)12(17)13-6-5-7-18-8-9(2)3/h9H,4-8H2,1-3H3,(H,13,17)(H,14,15,16). The summed E-state index contributed by atoms with van der Waals surface area (Å²) in [5.74, 6) is 1.23. The first-order chi connectivity index (χ1) is 8.63. The van der Waals surface area contributed by atoms with E-state index in [4.69, 9.17) is 4.74 Å². The lowest BCUT2D eigenvalue weighted by atomic mass is 10.2. The first-order valence-corrected chi connectivity index (χ1v) is 6.40. The Morgan fingerprint density at radius 3 is 2.89 bits per heavy atom. The highest BCUT2D eigenvalue weighted by molar-refractivity contribution is 5.90. The molecule has 1 aromatic heterocycles. The summed E-state index contributed by atoms with van der Waals surface area (Å²) in [5.41, 5.74) is 0. The topological polar surface area (TPSA) is 79.9 Å². The number of hydrogen-bond acceptors (Lipinski definition) is 4. The van der Waals surface area contributed by atoms with Crippen LogP contribution in [0.3, 0.4) is 0 Å². The highest BCUT2D eigenvalue weighted by Gasteiger charge is 2.10. The lowest BCUT2D eigenvalue weighted by Crippen LogP contribution is -2.26. The molecule has 0 saturated heterocycles. The summed E-state index contributed by atoms with van der Waals surface area (Å²) in [6.07, 6.45) is 1.53. The van der Waals surface area contributed by atoms with Crippen LogP contribution in [0.5, 0.6) is 0 Å². The zero-order valence-electron chi connectivity index (χ0n) is 11.3. The molecular formula is C12H22N4O2. The van der Waals surface area contributed by atoms with Crippen molar-refractivity contribution in [3.05, 3.63) is 11.6 Å². The van der Waals surface area contributed by atoms with Gasteiger partial charge in [0, 0.05) is 26.2 Å². The van der Waals surface area contributed by atoms with Crippen molar-refractivity contribution in [2.45, 2.75) is 33.6 Å². The predicted octanol–water partition coefficient (Wildman–Crippen LogP) is 1.16. The van der Waals surface area contributed by atoms with E-state index >= 15 is 0 Å². The van der Waals surface area contributed by atoms with Gasteiger partial charge in [-0.3, -0.25) is 9.89 Å². The number of aromatic amines is 1. The van der Waals surface area contributed by atoms with Crippen LogP contribution in [-0.2, 0) is 11.2 Å². The summed E-state index contributed by atoms with van der Waals surface area (Å²) >= 11 is 0. The van der Waals surface area contributed by atoms with Crippen molar-refractivity contribution in [2.75, 3.05) is 19.8 Å². The van der Waals surface area contributed by atoms with Crippen LogP contribution >= 0.6 is 0 Å². The monoisotopic (exact) mass is 254 g/mol. The van der Waals surface area contributed by atoms with Crippen LogP contribution in [0.15, 0.2) is 0 Å². The number of aryl methyl sites for hydroxylation is 1. The molecular weight excluding hydrogens is 232 g/mol. The molecule has 1 rings (SSSR count). The fraction of sp³-hybridized carbons (Fsp3) is 0.750. The molecule has 0 aliphatic carbocycles. The molecule has 2 N–H and O–H groups in total. The van der Waals surface area contributed by atoms with Crippen LogP contribution in [0, 0.1) is 5.92 Å². The molecule has 0 aliphatic heterocycles. The van der Waals surface area contributed by atoms with Gasteiger partial charge in [0.2, 0.25) is 5.82 Å². The number of carbonyl (C=O) groups is 1. The lowest BCUT2D eigenvalue weighted by molar-refractivity contribution is 0.0916. The second-order valence-corrected chi connectivity index (χ2v) is 4.54. The molecule has 0 radical (unpaired) electrons. The highest BCUT2D eigenvalue weighted by Crippen LogP contribution is 1.95. The van der Waals surface area contributed by atoms with E-state index in [2.05, 4.69) is 34.3 Å². The minimum absolute atomic E-state index is 0.204. The third-order valence-corrected chi connectivity index (χ3v) is 2.27. The largest absolute Gasteiger partial charge is 0.381 e. The zero-order chi connectivity index (χ0) is 13.4. The van der Waals surface area contributed by atoms with E-state index in [0.717, 1.165) is 25.3 Å². The number of rotatable bonds is 8. The normalized spacial score (nSPS) is 10.9. The van der Waals surface area contributed by atoms with Crippen molar-refractivity contribution >= 4 is 5.91 Å². The van der Waals surface area contributed by atoms with Gasteiger partial charge >= 0.3 is 0 Å². The molecule has 18 heavy (non-hydrogen) atoms. The average Bonchev–Trinajstić information content (AvgIpc) is 2.81. The van der Waals surface area contributed by atoms with Gasteiger partial charge in [0.15, 0.2) is 0 Å². The summed E-state index contributed by atoms with van der Waals surface area (Å²) in [6.45, 7) is 8.16. The van der Waals surface area contributed by atoms with Crippen LogP contribution < -0.4 is 5.32 Å². The maximum absolute atomic E-state index is 11.6. The highest BCUT2D eigenvalue weighted by atomic mass is 16.5. The summed E-state index contributed by atoms with van der Waals surface area (Å²) in [6, 6.07) is 0. The van der Waals surface area contributed by atoms with Crippen molar-refractivity contribution in [3.8, 4) is 0 Å². The molecule has 1 aromatic rings. The third kappa shape index (κ3) is 5.27. The van der Waals surface area contributed by atoms with Gasteiger partial charge in [-0.05, 0) is 12.3 Å². The predicted molar refractivity (Wildman–Crippen MR) is 68.4 cm³/mol. The molecule has 0 aromatic carbocycles. The summed E-state index contributed by atoms with van der Waals surface area (Å²) in [7, 11) is 0. The number of amides is 1. The van der Waals surface area contributed by atoms with Crippen LogP contribution in [0.2, 0.25) is 0 Å². The first kappa shape index (κ1) is 14.6. The molecule has 0 fully saturated rings. The quantitative estimate of drug-likeness (QED) is 0.682. The maximum atomic E-state index is 11.6. The van der Waals surface area contributed by atoms with Crippen LogP contribution in [-0.4, -0.2) is 40.8 Å². The van der Waals surface area contributed by atoms with Crippen molar-refractivity contribution in [2.24, 2.45) is 5.92 Å². The molecule has 0 bridgehead atoms. The number of ether oxygens (including phenoxy) is 1. The van der Waals surface area contributed by atoms with Gasteiger partial charge in [0.1, 0.15) is 5.82 Å². The molecule has 0 saturated carbocycles. The Balaban J connectivity index is 2.13. The lowest BCUT2D eigenvalue weighted by Gasteiger charge is -2.06. The van der Waals surface area contributed by atoms with Gasteiger partial charge in [-0.2, -0.15) is 0 Å². The maximum Gasteiger partial charge on any atom is 0.290 e. The molecule has 0 unspecified atom stereocenters. The smallest absolute Gasteiger partial charge is 0.290 e. The molecule has 0 spiro atoms. The van der Waals surface area contributed by atoms with Gasteiger partial charge in [0.25, 0.3) is 5.91 Å². The minimum Gasteiger partial charge on any atom is -0.381 e. The van der Waals surface area contributed by atoms with Crippen molar-refractivity contribution in [1.82, 2.24) is 20.5 Å². The van der Waals surface area contributed by atoms with Crippen LogP contribution in [0.25, 0.3) is 0 Å². The van der Waals surface area contributed by atoms with Crippen LogP contribution in [0.4, 0.5) is 0 Å². The fourth-order valence-electron chi connectivity index (χ4n) is 1.33. The van der Waals surface area contributed by atoms with Gasteiger partial charge in [-0.1, -0.05) is 20.8 Å². The molecule has 1 amide bonds. The number of aromatic nitrogens is 3. The number of H-pyrrole nitrogens is 1. The molecule has 6 heteroatoms. The fourth-order valence-corrected chi connectivity index (χ4v) is 1.33. The molecule has 1 heterocycles. The van der Waals surface area contributed by atoms with E-state index in [0.29, 0.717) is 19.1 Å². The van der Waals surface area contributed by atoms with E-state index in [1.54, 1.807) is 0 Å². The Hall–Kier alpha value is -1.43. The van der Waals surface area contributed by atoms with E-state index in [-0.39, 0.29) is 11.7 Å². The number of nitrogens with zero attached hydrogens (tertiary/aromatic N) is 2. The van der Waals surface area contributed by atoms with Gasteiger partial charge in [-0.25, -0.2) is 4.98 Å². The van der Waals surface area contributed by atoms with Crippen LogP contribution in [0.1, 0.15) is 43.6 Å². The second kappa shape index (κ2) is 7.81. The Morgan fingerprint density at radius 2 is 2.28 bits per heavy atom. The van der Waals surface area contributed by atoms with E-state index in [1.165, 1.54) is 0 Å². The average molecular weight is 254 g/mol. The number of nitrogens with one attached hydrogen (secondary N) is 2. The second-order valence-electron chi connectivity index (χ2n) is 4.54. The van der Waals surface area contributed by atoms with Crippen molar-refractivity contribution in [3.63, 3.8) is 0 Å². The van der Waals surface area contributed by atoms with Gasteiger partial charge < -0.3 is 10.1 Å². The summed E-state index contributed by atoms with van der Waals surface area (Å²) in [5, 5.41) is 9.32. The SMILES string of the molecule is CCc1nc(C(=O)NCCCOCC(C)C)n[nH]1. The molecule has 0 atom stereocenters. The molecule has 6 nitrogen and oxygen atoms in total. The summed E-state index contributed by atoms with van der Waals surface area (Å²) in [4.78, 5) is 15.7. The van der Waals surface area contributed by atoms with E-state index in [9.17, 15) is 4.79 Å². The Labute approximate surface area is 108 Å². The minimum atomic E-state index is -0.241. The Bertz CT molecular complexity index is 363. The summed E-state index contributed by atoms with van der Waals surface area (Å²) < 4.78 is 5.42. The van der Waals surface area contributed by atoms with Gasteiger partial charge in [0.05, 0.1) is 0 Å². The zero-order valence-corrected chi connectivity index (χ0v) is 11.3. The van der Waals surface area contributed by atoms with Gasteiger partial charge in [-0.15, -0.1) is 5.10 Å². The van der Waals surface area contributed by atoms with Crippen molar-refractivity contribution in [1.29, 1.82) is 0 Å². The third-order valence-electron chi connectivity index (χ3n) is 2.27. The number of carbonyl (C=O) groups excluding carboxylic acids is 1. The number of hydrogen-bond donors (Lipinski definition) is 2. The first-order valence-electron chi connectivity index (χ1n) is 6.40. The Morgan fingerprint density at radius 1 is 1.50 bits per heavy atom. The van der Waals surface area contributed by atoms with Crippen molar-refractivity contribution < 1.29 is 9.53 Å².